The number of benzene rings is 2. The van der Waals surface area contributed by atoms with Gasteiger partial charge in [0.05, 0.1) is 5.69 Å². The van der Waals surface area contributed by atoms with E-state index < -0.39 is 0 Å². The number of H-pyrrole nitrogens is 1. The van der Waals surface area contributed by atoms with Crippen molar-refractivity contribution in [1.29, 1.82) is 0 Å². The van der Waals surface area contributed by atoms with Gasteiger partial charge in [0.1, 0.15) is 11.6 Å². The Hall–Kier alpha value is -2.55. The predicted molar refractivity (Wildman–Crippen MR) is 80.6 cm³/mol. The number of nitrogens with zero attached hydrogens (tertiary/aromatic N) is 1. The molecule has 0 unspecified atom stereocenters. The van der Waals surface area contributed by atoms with Crippen molar-refractivity contribution in [3.63, 3.8) is 0 Å². The summed E-state index contributed by atoms with van der Waals surface area (Å²) < 4.78 is 0. The molecule has 3 heteroatoms. The maximum absolute atomic E-state index is 9.84. The molecule has 0 saturated heterocycles. The monoisotopic (exact) mass is 264 g/mol. The third-order valence-corrected chi connectivity index (χ3v) is 3.41. The van der Waals surface area contributed by atoms with E-state index >= 15 is 0 Å². The second-order valence-corrected chi connectivity index (χ2v) is 4.93. The zero-order valence-corrected chi connectivity index (χ0v) is 11.5. The number of hydrogen-bond acceptors (Lipinski definition) is 2. The normalized spacial score (nSPS) is 10.7. The minimum absolute atomic E-state index is 0.297. The van der Waals surface area contributed by atoms with Crippen molar-refractivity contribution >= 4 is 0 Å². The lowest BCUT2D eigenvalue weighted by atomic mass is 10.1. The minimum Gasteiger partial charge on any atom is -0.508 e. The van der Waals surface area contributed by atoms with Crippen LogP contribution < -0.4 is 0 Å². The minimum atomic E-state index is 0.297. The first-order chi connectivity index (χ1) is 9.65. The first-order valence-electron chi connectivity index (χ1n) is 6.57. The van der Waals surface area contributed by atoms with Crippen LogP contribution in [0.5, 0.6) is 5.75 Å². The van der Waals surface area contributed by atoms with Crippen LogP contribution in [0.15, 0.2) is 48.5 Å². The summed E-state index contributed by atoms with van der Waals surface area (Å²) >= 11 is 0. The highest BCUT2D eigenvalue weighted by Crippen LogP contribution is 2.29. The van der Waals surface area contributed by atoms with E-state index in [1.54, 1.807) is 6.07 Å². The quantitative estimate of drug-likeness (QED) is 0.733. The molecule has 0 aliphatic rings. The fourth-order valence-corrected chi connectivity index (χ4v) is 2.23. The van der Waals surface area contributed by atoms with Crippen molar-refractivity contribution in [1.82, 2.24) is 9.97 Å². The molecule has 1 heterocycles. The molecule has 2 N–H and O–H groups in total. The number of imidazole rings is 1. The molecule has 0 bridgehead atoms. The van der Waals surface area contributed by atoms with Gasteiger partial charge in [0, 0.05) is 16.8 Å². The molecule has 0 saturated carbocycles. The lowest BCUT2D eigenvalue weighted by Gasteiger charge is -2.02. The number of phenolic OH excluding ortho intramolecular Hbond substituents is 1. The van der Waals surface area contributed by atoms with Crippen LogP contribution in [0.2, 0.25) is 0 Å². The van der Waals surface area contributed by atoms with E-state index in [0.29, 0.717) is 5.75 Å². The number of phenols is 1. The fourth-order valence-electron chi connectivity index (χ4n) is 2.23. The zero-order chi connectivity index (χ0) is 14.1. The summed E-state index contributed by atoms with van der Waals surface area (Å²) in [7, 11) is 0. The van der Waals surface area contributed by atoms with Gasteiger partial charge < -0.3 is 10.1 Å². The molecular formula is C17H16N2O. The molecule has 2 aromatic carbocycles. The largest absolute Gasteiger partial charge is 0.508 e. The fraction of sp³-hybridized carbons (Fsp3) is 0.118. The van der Waals surface area contributed by atoms with Crippen LogP contribution in [0.1, 0.15) is 11.3 Å². The summed E-state index contributed by atoms with van der Waals surface area (Å²) in [5.41, 5.74) is 4.71. The van der Waals surface area contributed by atoms with Gasteiger partial charge in [-0.05, 0) is 25.5 Å². The van der Waals surface area contributed by atoms with Crippen molar-refractivity contribution < 1.29 is 5.11 Å². The van der Waals surface area contributed by atoms with Gasteiger partial charge in [-0.3, -0.25) is 0 Å². The van der Waals surface area contributed by atoms with Crippen LogP contribution >= 0.6 is 0 Å². The summed E-state index contributed by atoms with van der Waals surface area (Å²) in [6.45, 7) is 3.87. The van der Waals surface area contributed by atoms with E-state index in [4.69, 9.17) is 0 Å². The Morgan fingerprint density at radius 3 is 2.40 bits per heavy atom. The van der Waals surface area contributed by atoms with Crippen LogP contribution in [-0.4, -0.2) is 15.1 Å². The number of aromatic hydroxyl groups is 1. The molecule has 3 aromatic rings. The number of aromatic nitrogens is 2. The van der Waals surface area contributed by atoms with Crippen molar-refractivity contribution in [2.24, 2.45) is 0 Å². The highest BCUT2D eigenvalue weighted by Gasteiger charge is 2.11. The molecular weight excluding hydrogens is 248 g/mol. The van der Waals surface area contributed by atoms with Gasteiger partial charge in [0.2, 0.25) is 0 Å². The third-order valence-electron chi connectivity index (χ3n) is 3.41. The second-order valence-electron chi connectivity index (χ2n) is 4.93. The molecule has 0 aliphatic carbocycles. The van der Waals surface area contributed by atoms with Gasteiger partial charge in [0.15, 0.2) is 0 Å². The average molecular weight is 264 g/mol. The smallest absolute Gasteiger partial charge is 0.138 e. The van der Waals surface area contributed by atoms with Crippen molar-refractivity contribution in [3.8, 4) is 28.4 Å². The molecule has 20 heavy (non-hydrogen) atoms. The number of nitrogens with one attached hydrogen (secondary N) is 1. The lowest BCUT2D eigenvalue weighted by Crippen LogP contribution is -1.83. The van der Waals surface area contributed by atoms with Crippen LogP contribution in [0, 0.1) is 13.8 Å². The highest BCUT2D eigenvalue weighted by atomic mass is 16.3. The van der Waals surface area contributed by atoms with E-state index in [1.807, 2.05) is 56.3 Å². The Balaban J connectivity index is 2.07. The summed E-state index contributed by atoms with van der Waals surface area (Å²) in [5.74, 6) is 1.14. The summed E-state index contributed by atoms with van der Waals surface area (Å²) in [6.07, 6.45) is 0. The number of aromatic amines is 1. The van der Waals surface area contributed by atoms with Gasteiger partial charge in [-0.1, -0.05) is 42.5 Å². The SMILES string of the molecule is Cc1ccc(-c2nc(-c3ccccc3)[nH]c2C)cc1O. The standard InChI is InChI=1S/C17H16N2O/c1-11-8-9-14(10-15(11)20)16-12(2)18-17(19-16)13-6-4-3-5-7-13/h3-10,20H,1-2H3,(H,18,19). The number of aryl methyl sites for hydroxylation is 2. The Morgan fingerprint density at radius 1 is 0.950 bits per heavy atom. The van der Waals surface area contributed by atoms with Gasteiger partial charge in [-0.25, -0.2) is 4.98 Å². The summed E-state index contributed by atoms with van der Waals surface area (Å²) in [4.78, 5) is 7.96. The van der Waals surface area contributed by atoms with Crippen LogP contribution in [0.25, 0.3) is 22.6 Å². The van der Waals surface area contributed by atoms with Gasteiger partial charge in [-0.2, -0.15) is 0 Å². The highest BCUT2D eigenvalue weighted by molar-refractivity contribution is 5.68. The maximum atomic E-state index is 9.84. The van der Waals surface area contributed by atoms with E-state index in [-0.39, 0.29) is 0 Å². The van der Waals surface area contributed by atoms with Crippen LogP contribution in [-0.2, 0) is 0 Å². The molecule has 100 valence electrons. The Kier molecular flexibility index (Phi) is 3.03. The topological polar surface area (TPSA) is 48.9 Å². The van der Waals surface area contributed by atoms with Crippen LogP contribution in [0.4, 0.5) is 0 Å². The van der Waals surface area contributed by atoms with Crippen molar-refractivity contribution in [2.75, 3.05) is 0 Å². The first kappa shape index (κ1) is 12.5. The third kappa shape index (κ3) is 2.18. The number of rotatable bonds is 2. The second kappa shape index (κ2) is 4.85. The Labute approximate surface area is 117 Å². The van der Waals surface area contributed by atoms with Gasteiger partial charge in [-0.15, -0.1) is 0 Å². The molecule has 0 radical (unpaired) electrons. The molecule has 1 aromatic heterocycles. The predicted octanol–water partition coefficient (Wildman–Crippen LogP) is 4.07. The summed E-state index contributed by atoms with van der Waals surface area (Å²) in [5, 5.41) is 9.84. The summed E-state index contributed by atoms with van der Waals surface area (Å²) in [6, 6.07) is 15.7. The Morgan fingerprint density at radius 2 is 1.70 bits per heavy atom. The zero-order valence-electron chi connectivity index (χ0n) is 11.5. The van der Waals surface area contributed by atoms with Crippen LogP contribution in [0.3, 0.4) is 0 Å². The van der Waals surface area contributed by atoms with E-state index in [0.717, 1.165) is 33.9 Å². The van der Waals surface area contributed by atoms with Crippen molar-refractivity contribution in [2.45, 2.75) is 13.8 Å². The average Bonchev–Trinajstić information content (AvgIpc) is 2.85. The number of hydrogen-bond donors (Lipinski definition) is 2. The lowest BCUT2D eigenvalue weighted by molar-refractivity contribution is 0.471. The molecule has 0 fully saturated rings. The maximum Gasteiger partial charge on any atom is 0.138 e. The first-order valence-corrected chi connectivity index (χ1v) is 6.57. The molecule has 0 amide bonds. The molecule has 0 aliphatic heterocycles. The Bertz CT molecular complexity index is 745. The molecule has 3 rings (SSSR count). The molecule has 3 nitrogen and oxygen atoms in total. The molecule has 0 atom stereocenters. The van der Waals surface area contributed by atoms with Gasteiger partial charge in [0.25, 0.3) is 0 Å². The van der Waals surface area contributed by atoms with Crippen molar-refractivity contribution in [3.05, 3.63) is 59.8 Å². The van der Waals surface area contributed by atoms with E-state index in [1.165, 1.54) is 0 Å². The van der Waals surface area contributed by atoms with E-state index in [9.17, 15) is 5.11 Å². The van der Waals surface area contributed by atoms with E-state index in [2.05, 4.69) is 9.97 Å². The molecule has 0 spiro atoms. The van der Waals surface area contributed by atoms with Gasteiger partial charge >= 0.3 is 0 Å².